The van der Waals surface area contributed by atoms with Crippen molar-refractivity contribution < 1.29 is 9.53 Å². The molecule has 2 aromatic carbocycles. The number of aryl methyl sites for hydroxylation is 1. The van der Waals surface area contributed by atoms with E-state index >= 15 is 0 Å². The molecule has 0 atom stereocenters. The fourth-order valence-corrected chi connectivity index (χ4v) is 3.02. The van der Waals surface area contributed by atoms with Crippen molar-refractivity contribution >= 4 is 33.2 Å². The SMILES string of the molecule is C/C(=N/NC(=O)COc1cccc(C)c1)c1nc2ccccc2s1. The lowest BCUT2D eigenvalue weighted by Crippen LogP contribution is -2.25. The maximum absolute atomic E-state index is 11.8. The Bertz CT molecular complexity index is 869. The molecule has 0 bridgehead atoms. The van der Waals surface area contributed by atoms with Gasteiger partial charge in [0, 0.05) is 0 Å². The number of benzene rings is 2. The number of fused-ring (bicyclic) bond motifs is 1. The Labute approximate surface area is 144 Å². The quantitative estimate of drug-likeness (QED) is 0.571. The number of rotatable bonds is 5. The summed E-state index contributed by atoms with van der Waals surface area (Å²) in [5.74, 6) is 0.356. The van der Waals surface area contributed by atoms with Gasteiger partial charge in [-0.05, 0) is 43.7 Å². The molecule has 0 unspecified atom stereocenters. The summed E-state index contributed by atoms with van der Waals surface area (Å²) in [4.78, 5) is 16.3. The van der Waals surface area contributed by atoms with Gasteiger partial charge in [0.1, 0.15) is 10.8 Å². The summed E-state index contributed by atoms with van der Waals surface area (Å²) in [6, 6.07) is 15.4. The van der Waals surface area contributed by atoms with E-state index < -0.39 is 0 Å². The molecule has 0 spiro atoms. The molecule has 0 saturated heterocycles. The number of hydrazone groups is 1. The van der Waals surface area contributed by atoms with Gasteiger partial charge >= 0.3 is 0 Å². The van der Waals surface area contributed by atoms with E-state index in [9.17, 15) is 4.79 Å². The molecule has 122 valence electrons. The van der Waals surface area contributed by atoms with Gasteiger partial charge in [-0.25, -0.2) is 10.4 Å². The van der Waals surface area contributed by atoms with E-state index in [-0.39, 0.29) is 12.5 Å². The van der Waals surface area contributed by atoms with Crippen molar-refractivity contribution in [3.05, 3.63) is 59.1 Å². The van der Waals surface area contributed by atoms with Crippen LogP contribution in [0.2, 0.25) is 0 Å². The van der Waals surface area contributed by atoms with Crippen molar-refractivity contribution in [1.82, 2.24) is 10.4 Å². The van der Waals surface area contributed by atoms with Crippen LogP contribution in [0.1, 0.15) is 17.5 Å². The molecule has 1 heterocycles. The first-order chi connectivity index (χ1) is 11.6. The molecule has 1 N–H and O–H groups in total. The van der Waals surface area contributed by atoms with Gasteiger partial charge in [0.25, 0.3) is 5.91 Å². The van der Waals surface area contributed by atoms with E-state index in [0.29, 0.717) is 11.5 Å². The number of carbonyl (C=O) groups is 1. The van der Waals surface area contributed by atoms with E-state index in [1.54, 1.807) is 11.3 Å². The molecule has 5 nitrogen and oxygen atoms in total. The van der Waals surface area contributed by atoms with Crippen LogP contribution in [0.15, 0.2) is 53.6 Å². The van der Waals surface area contributed by atoms with Crippen molar-refractivity contribution in [1.29, 1.82) is 0 Å². The topological polar surface area (TPSA) is 63.6 Å². The van der Waals surface area contributed by atoms with Crippen LogP contribution in [0, 0.1) is 6.92 Å². The van der Waals surface area contributed by atoms with Crippen LogP contribution < -0.4 is 10.2 Å². The summed E-state index contributed by atoms with van der Waals surface area (Å²) in [6.07, 6.45) is 0. The number of carbonyl (C=O) groups excluding carboxylic acids is 1. The second kappa shape index (κ2) is 7.23. The molecular formula is C18H17N3O2S. The van der Waals surface area contributed by atoms with Crippen LogP contribution in [-0.4, -0.2) is 23.2 Å². The van der Waals surface area contributed by atoms with Crippen LogP contribution in [0.25, 0.3) is 10.2 Å². The Balaban J connectivity index is 1.58. The average Bonchev–Trinajstić information content (AvgIpc) is 3.02. The zero-order chi connectivity index (χ0) is 16.9. The molecule has 1 aromatic heterocycles. The lowest BCUT2D eigenvalue weighted by Gasteiger charge is -2.05. The lowest BCUT2D eigenvalue weighted by atomic mass is 10.2. The summed E-state index contributed by atoms with van der Waals surface area (Å²) in [5.41, 5.74) is 5.18. The van der Waals surface area contributed by atoms with Gasteiger partial charge in [-0.1, -0.05) is 24.3 Å². The molecular weight excluding hydrogens is 322 g/mol. The van der Waals surface area contributed by atoms with Gasteiger partial charge in [-0.2, -0.15) is 5.10 Å². The van der Waals surface area contributed by atoms with E-state index in [4.69, 9.17) is 4.74 Å². The number of amides is 1. The highest BCUT2D eigenvalue weighted by Crippen LogP contribution is 2.21. The Hall–Kier alpha value is -2.73. The summed E-state index contributed by atoms with van der Waals surface area (Å²) in [6.45, 7) is 3.71. The van der Waals surface area contributed by atoms with Crippen molar-refractivity contribution in [3.8, 4) is 5.75 Å². The van der Waals surface area contributed by atoms with Crippen molar-refractivity contribution in [2.24, 2.45) is 5.10 Å². The molecule has 3 aromatic rings. The minimum absolute atomic E-state index is 0.0833. The summed E-state index contributed by atoms with van der Waals surface area (Å²) < 4.78 is 6.53. The number of nitrogens with one attached hydrogen (secondary N) is 1. The number of nitrogens with zero attached hydrogens (tertiary/aromatic N) is 2. The highest BCUT2D eigenvalue weighted by atomic mass is 32.1. The van der Waals surface area contributed by atoms with E-state index in [1.807, 2.05) is 62.4 Å². The number of aromatic nitrogens is 1. The first kappa shape index (κ1) is 16.1. The predicted octanol–water partition coefficient (Wildman–Crippen LogP) is 3.52. The molecule has 0 aliphatic heterocycles. The maximum atomic E-state index is 11.8. The van der Waals surface area contributed by atoms with Gasteiger partial charge < -0.3 is 4.74 Å². The Morgan fingerprint density at radius 2 is 2.08 bits per heavy atom. The molecule has 0 fully saturated rings. The second-order valence-electron chi connectivity index (χ2n) is 5.32. The summed E-state index contributed by atoms with van der Waals surface area (Å²) in [5, 5.41) is 4.89. The third-order valence-electron chi connectivity index (χ3n) is 3.31. The molecule has 24 heavy (non-hydrogen) atoms. The minimum atomic E-state index is -0.308. The van der Waals surface area contributed by atoms with E-state index in [2.05, 4.69) is 15.5 Å². The van der Waals surface area contributed by atoms with Crippen molar-refractivity contribution in [3.63, 3.8) is 0 Å². The molecule has 1 amide bonds. The Morgan fingerprint density at radius 1 is 1.25 bits per heavy atom. The first-order valence-corrected chi connectivity index (χ1v) is 8.32. The molecule has 0 aliphatic carbocycles. The fourth-order valence-electron chi connectivity index (χ4n) is 2.11. The van der Waals surface area contributed by atoms with E-state index in [0.717, 1.165) is 20.8 Å². The molecule has 0 aliphatic rings. The van der Waals surface area contributed by atoms with Gasteiger partial charge in [0.2, 0.25) is 0 Å². The first-order valence-electron chi connectivity index (χ1n) is 7.50. The predicted molar refractivity (Wildman–Crippen MR) is 96.6 cm³/mol. The molecule has 3 rings (SSSR count). The molecule has 0 saturated carbocycles. The van der Waals surface area contributed by atoms with Crippen LogP contribution >= 0.6 is 11.3 Å². The highest BCUT2D eigenvalue weighted by molar-refractivity contribution is 7.20. The average molecular weight is 339 g/mol. The highest BCUT2D eigenvalue weighted by Gasteiger charge is 2.07. The maximum Gasteiger partial charge on any atom is 0.277 e. The van der Waals surface area contributed by atoms with Crippen LogP contribution in [0.5, 0.6) is 5.75 Å². The zero-order valence-electron chi connectivity index (χ0n) is 13.4. The van der Waals surface area contributed by atoms with E-state index in [1.165, 1.54) is 0 Å². The van der Waals surface area contributed by atoms with Gasteiger partial charge in [0.15, 0.2) is 6.61 Å². The minimum Gasteiger partial charge on any atom is -0.484 e. The fraction of sp³-hybridized carbons (Fsp3) is 0.167. The van der Waals surface area contributed by atoms with Gasteiger partial charge in [0.05, 0.1) is 15.9 Å². The second-order valence-corrected chi connectivity index (χ2v) is 6.35. The Kier molecular flexibility index (Phi) is 4.86. The number of hydrogen-bond acceptors (Lipinski definition) is 5. The summed E-state index contributed by atoms with van der Waals surface area (Å²) >= 11 is 1.54. The van der Waals surface area contributed by atoms with Crippen LogP contribution in [0.3, 0.4) is 0 Å². The smallest absolute Gasteiger partial charge is 0.277 e. The third-order valence-corrected chi connectivity index (χ3v) is 4.46. The Morgan fingerprint density at radius 3 is 2.88 bits per heavy atom. The lowest BCUT2D eigenvalue weighted by molar-refractivity contribution is -0.123. The number of ether oxygens (including phenoxy) is 1. The van der Waals surface area contributed by atoms with Gasteiger partial charge in [-0.15, -0.1) is 11.3 Å². The van der Waals surface area contributed by atoms with Crippen LogP contribution in [0.4, 0.5) is 0 Å². The standard InChI is InChI=1S/C18H17N3O2S/c1-12-6-5-7-14(10-12)23-11-17(22)21-20-13(2)18-19-15-8-3-4-9-16(15)24-18/h3-10H,11H2,1-2H3,(H,21,22)/b20-13-. The number of thiazole rings is 1. The van der Waals surface area contributed by atoms with Crippen molar-refractivity contribution in [2.45, 2.75) is 13.8 Å². The monoisotopic (exact) mass is 339 g/mol. The number of hydrogen-bond donors (Lipinski definition) is 1. The summed E-state index contributed by atoms with van der Waals surface area (Å²) in [7, 11) is 0. The molecule has 0 radical (unpaired) electrons. The normalized spacial score (nSPS) is 11.5. The number of para-hydroxylation sites is 1. The third kappa shape index (κ3) is 3.97. The largest absolute Gasteiger partial charge is 0.484 e. The van der Waals surface area contributed by atoms with Gasteiger partial charge in [-0.3, -0.25) is 4.79 Å². The van der Waals surface area contributed by atoms with Crippen molar-refractivity contribution in [2.75, 3.05) is 6.61 Å². The van der Waals surface area contributed by atoms with Crippen LogP contribution in [-0.2, 0) is 4.79 Å². The molecule has 6 heteroatoms. The zero-order valence-corrected chi connectivity index (χ0v) is 14.3.